The Hall–Kier alpha value is -2.71. The van der Waals surface area contributed by atoms with Crippen molar-refractivity contribution in [1.29, 1.82) is 0 Å². The Morgan fingerprint density at radius 1 is 1.31 bits per heavy atom. The topological polar surface area (TPSA) is 76.6 Å². The molecule has 1 fully saturated rings. The molecule has 0 saturated carbocycles. The van der Waals surface area contributed by atoms with Gasteiger partial charge in [0, 0.05) is 23.4 Å². The molecule has 0 spiro atoms. The van der Waals surface area contributed by atoms with Crippen LogP contribution in [0.4, 0.5) is 5.82 Å². The largest absolute Gasteiger partial charge is 0.496 e. The number of methoxy groups -OCH3 is 1. The number of carbonyl (C=O) groups excluding carboxylic acids is 1. The second-order valence-corrected chi connectivity index (χ2v) is 7.95. The van der Waals surface area contributed by atoms with Gasteiger partial charge in [-0.25, -0.2) is 9.97 Å². The van der Waals surface area contributed by atoms with Crippen LogP contribution in [0.15, 0.2) is 29.6 Å². The van der Waals surface area contributed by atoms with Gasteiger partial charge in [0.2, 0.25) is 0 Å². The molecule has 0 radical (unpaired) electrons. The minimum absolute atomic E-state index is 0.0650. The molecule has 7 nitrogen and oxygen atoms in total. The first-order chi connectivity index (χ1) is 14.1. The third-order valence-electron chi connectivity index (χ3n) is 4.98. The fourth-order valence-electron chi connectivity index (χ4n) is 3.47. The monoisotopic (exact) mass is 412 g/mol. The van der Waals surface area contributed by atoms with Gasteiger partial charge in [-0.05, 0) is 37.4 Å². The molecule has 1 saturated heterocycles. The molecule has 4 rings (SSSR count). The summed E-state index contributed by atoms with van der Waals surface area (Å²) in [5, 5.41) is 6.37. The Morgan fingerprint density at radius 2 is 2.10 bits per heavy atom. The molecule has 1 N–H and O–H groups in total. The minimum atomic E-state index is -0.0650. The van der Waals surface area contributed by atoms with Gasteiger partial charge in [0.1, 0.15) is 17.4 Å². The second-order valence-electron chi connectivity index (χ2n) is 6.98. The Labute approximate surface area is 173 Å². The van der Waals surface area contributed by atoms with Gasteiger partial charge in [-0.15, -0.1) is 11.3 Å². The van der Waals surface area contributed by atoms with Crippen LogP contribution in [0.3, 0.4) is 0 Å². The van der Waals surface area contributed by atoms with E-state index in [1.54, 1.807) is 23.3 Å². The van der Waals surface area contributed by atoms with E-state index in [2.05, 4.69) is 33.7 Å². The van der Waals surface area contributed by atoms with Crippen molar-refractivity contribution >= 4 is 34.0 Å². The molecule has 1 aromatic carbocycles. The average Bonchev–Trinajstić information content (AvgIpc) is 3.28. The van der Waals surface area contributed by atoms with Crippen LogP contribution in [-0.4, -0.2) is 54.2 Å². The maximum absolute atomic E-state index is 13.1. The predicted molar refractivity (Wildman–Crippen MR) is 114 cm³/mol. The van der Waals surface area contributed by atoms with Gasteiger partial charge < -0.3 is 19.7 Å². The molecule has 3 heterocycles. The second kappa shape index (κ2) is 8.34. The van der Waals surface area contributed by atoms with Crippen molar-refractivity contribution in [1.82, 2.24) is 14.9 Å². The summed E-state index contributed by atoms with van der Waals surface area (Å²) in [6.45, 7) is 6.22. The fraction of sp³-hybridized carbons (Fsp3) is 0.381. The van der Waals surface area contributed by atoms with E-state index in [1.807, 2.05) is 25.1 Å². The molecule has 0 aliphatic carbocycles. The zero-order valence-corrected chi connectivity index (χ0v) is 17.6. The molecule has 1 unspecified atom stereocenters. The van der Waals surface area contributed by atoms with Crippen molar-refractivity contribution in [2.24, 2.45) is 0 Å². The number of hydrogen-bond donors (Lipinski definition) is 1. The van der Waals surface area contributed by atoms with Crippen LogP contribution in [0.25, 0.3) is 10.9 Å². The predicted octanol–water partition coefficient (Wildman–Crippen LogP) is 3.65. The van der Waals surface area contributed by atoms with Gasteiger partial charge in [0.15, 0.2) is 0 Å². The maximum Gasteiger partial charge on any atom is 0.257 e. The standard InChI is InChI=1S/C21H24N4O3S/c1-13(19-5-4-10-29-19)22-20-15-12-18(27-3)16(11-17(15)23-14(2)24-20)21(26)25-6-8-28-9-7-25/h4-5,10-13H,6-9H2,1-3H3,(H,22,23,24). The van der Waals surface area contributed by atoms with Crippen LogP contribution in [0, 0.1) is 6.92 Å². The Kier molecular flexibility index (Phi) is 5.64. The van der Waals surface area contributed by atoms with Crippen LogP contribution < -0.4 is 10.1 Å². The molecule has 1 aliphatic rings. The van der Waals surface area contributed by atoms with Crippen molar-refractivity contribution in [3.63, 3.8) is 0 Å². The number of fused-ring (bicyclic) bond motifs is 1. The number of nitrogens with one attached hydrogen (secondary N) is 1. The summed E-state index contributed by atoms with van der Waals surface area (Å²) in [7, 11) is 1.58. The van der Waals surface area contributed by atoms with Crippen molar-refractivity contribution < 1.29 is 14.3 Å². The summed E-state index contributed by atoms with van der Waals surface area (Å²) < 4.78 is 10.9. The number of aromatic nitrogens is 2. The van der Waals surface area contributed by atoms with Crippen LogP contribution in [0.5, 0.6) is 5.75 Å². The molecule has 29 heavy (non-hydrogen) atoms. The highest BCUT2D eigenvalue weighted by Gasteiger charge is 2.23. The van der Waals surface area contributed by atoms with E-state index in [0.29, 0.717) is 43.4 Å². The number of morpholine rings is 1. The van der Waals surface area contributed by atoms with E-state index < -0.39 is 0 Å². The third-order valence-corrected chi connectivity index (χ3v) is 6.04. The summed E-state index contributed by atoms with van der Waals surface area (Å²) in [5.41, 5.74) is 1.23. The summed E-state index contributed by atoms with van der Waals surface area (Å²) in [6, 6.07) is 7.90. The molecule has 8 heteroatoms. The van der Waals surface area contributed by atoms with Gasteiger partial charge in [0.05, 0.1) is 37.4 Å². The number of carbonyl (C=O) groups is 1. The van der Waals surface area contributed by atoms with Crippen molar-refractivity contribution in [3.8, 4) is 5.75 Å². The Bertz CT molecular complexity index is 1020. The van der Waals surface area contributed by atoms with Crippen LogP contribution in [0.1, 0.15) is 34.0 Å². The molecule has 0 bridgehead atoms. The highest BCUT2D eigenvalue weighted by Crippen LogP contribution is 2.32. The Morgan fingerprint density at radius 3 is 2.79 bits per heavy atom. The highest BCUT2D eigenvalue weighted by atomic mass is 32.1. The van der Waals surface area contributed by atoms with Gasteiger partial charge in [-0.2, -0.15) is 0 Å². The number of thiophene rings is 1. The molecule has 3 aromatic rings. The maximum atomic E-state index is 13.1. The van der Waals surface area contributed by atoms with Crippen LogP contribution in [0.2, 0.25) is 0 Å². The van der Waals surface area contributed by atoms with E-state index in [-0.39, 0.29) is 11.9 Å². The van der Waals surface area contributed by atoms with E-state index in [4.69, 9.17) is 9.47 Å². The number of ether oxygens (including phenoxy) is 2. The van der Waals surface area contributed by atoms with Gasteiger partial charge in [-0.1, -0.05) is 6.07 Å². The van der Waals surface area contributed by atoms with Crippen molar-refractivity contribution in [2.45, 2.75) is 19.9 Å². The smallest absolute Gasteiger partial charge is 0.257 e. The summed E-state index contributed by atoms with van der Waals surface area (Å²) in [5.74, 6) is 1.84. The van der Waals surface area contributed by atoms with E-state index in [1.165, 1.54) is 4.88 Å². The third kappa shape index (κ3) is 4.04. The number of anilines is 1. The lowest BCUT2D eigenvalue weighted by atomic mass is 10.1. The number of hydrogen-bond acceptors (Lipinski definition) is 7. The van der Waals surface area contributed by atoms with Gasteiger partial charge >= 0.3 is 0 Å². The summed E-state index contributed by atoms with van der Waals surface area (Å²) in [6.07, 6.45) is 0. The Balaban J connectivity index is 1.74. The molecular weight excluding hydrogens is 388 g/mol. The number of aryl methyl sites for hydroxylation is 1. The van der Waals surface area contributed by atoms with E-state index in [9.17, 15) is 4.79 Å². The van der Waals surface area contributed by atoms with E-state index >= 15 is 0 Å². The van der Waals surface area contributed by atoms with Crippen molar-refractivity contribution in [3.05, 3.63) is 45.9 Å². The molecule has 1 amide bonds. The number of amides is 1. The minimum Gasteiger partial charge on any atom is -0.496 e. The lowest BCUT2D eigenvalue weighted by Gasteiger charge is -2.27. The summed E-state index contributed by atoms with van der Waals surface area (Å²) >= 11 is 1.70. The number of rotatable bonds is 5. The van der Waals surface area contributed by atoms with E-state index in [0.717, 1.165) is 16.7 Å². The van der Waals surface area contributed by atoms with Crippen molar-refractivity contribution in [2.75, 3.05) is 38.7 Å². The number of benzene rings is 1. The first kappa shape index (κ1) is 19.6. The van der Waals surface area contributed by atoms with Crippen LogP contribution >= 0.6 is 11.3 Å². The molecule has 1 aliphatic heterocycles. The molecular formula is C21H24N4O3S. The van der Waals surface area contributed by atoms with Crippen LogP contribution in [-0.2, 0) is 4.74 Å². The fourth-order valence-corrected chi connectivity index (χ4v) is 4.20. The zero-order valence-electron chi connectivity index (χ0n) is 16.8. The zero-order chi connectivity index (χ0) is 20.4. The van der Waals surface area contributed by atoms with Gasteiger partial charge in [-0.3, -0.25) is 4.79 Å². The normalized spacial score (nSPS) is 15.3. The molecule has 1 atom stereocenters. The molecule has 152 valence electrons. The van der Waals surface area contributed by atoms with Gasteiger partial charge in [0.25, 0.3) is 5.91 Å². The first-order valence-electron chi connectivity index (χ1n) is 9.60. The quantitative estimate of drug-likeness (QED) is 0.689. The SMILES string of the molecule is COc1cc2c(NC(C)c3cccs3)nc(C)nc2cc1C(=O)N1CCOCC1. The highest BCUT2D eigenvalue weighted by molar-refractivity contribution is 7.10. The lowest BCUT2D eigenvalue weighted by molar-refractivity contribution is 0.0301. The first-order valence-corrected chi connectivity index (χ1v) is 10.5. The summed E-state index contributed by atoms with van der Waals surface area (Å²) in [4.78, 5) is 25.2. The average molecular weight is 413 g/mol. The molecule has 2 aromatic heterocycles. The number of nitrogens with zero attached hydrogens (tertiary/aromatic N) is 3. The lowest BCUT2D eigenvalue weighted by Crippen LogP contribution is -2.40.